The Hall–Kier alpha value is -2.36. The quantitative estimate of drug-likeness (QED) is 0.652. The number of hydrogen-bond donors (Lipinski definition) is 2. The van der Waals surface area contributed by atoms with Crippen molar-refractivity contribution in [3.8, 4) is 11.3 Å². The van der Waals surface area contributed by atoms with Gasteiger partial charge in [0.15, 0.2) is 0 Å². The fourth-order valence-corrected chi connectivity index (χ4v) is 2.54. The fraction of sp³-hybridized carbons (Fsp3) is 0.200. The number of aliphatic hydroxyl groups excluding tert-OH is 1. The first-order valence-corrected chi connectivity index (χ1v) is 7.89. The van der Waals surface area contributed by atoms with Crippen LogP contribution >= 0.6 is 0 Å². The second kappa shape index (κ2) is 7.77. The molecule has 0 aliphatic heterocycles. The first-order valence-electron chi connectivity index (χ1n) is 7.89. The van der Waals surface area contributed by atoms with E-state index < -0.39 is 6.10 Å². The van der Waals surface area contributed by atoms with E-state index in [1.807, 2.05) is 42.5 Å². The molecule has 0 aliphatic rings. The molecule has 0 saturated carbocycles. The van der Waals surface area contributed by atoms with E-state index in [-0.39, 0.29) is 0 Å². The molecule has 118 valence electrons. The predicted octanol–water partition coefficient (Wildman–Crippen LogP) is 3.81. The largest absolute Gasteiger partial charge is 0.464 e. The molecule has 1 heterocycles. The summed E-state index contributed by atoms with van der Waals surface area (Å²) in [5, 5.41) is 13.4. The van der Waals surface area contributed by atoms with Gasteiger partial charge in [0.25, 0.3) is 0 Å². The molecular formula is C20H21NO2. The summed E-state index contributed by atoms with van der Waals surface area (Å²) in [5.41, 5.74) is 3.30. The maximum Gasteiger partial charge on any atom is 0.133 e. The highest BCUT2D eigenvalue weighted by Gasteiger charge is 2.05. The average Bonchev–Trinajstić information content (AvgIpc) is 3.14. The third-order valence-corrected chi connectivity index (χ3v) is 3.87. The minimum atomic E-state index is -0.461. The molecule has 1 unspecified atom stereocenters. The normalized spacial score (nSPS) is 12.2. The van der Waals surface area contributed by atoms with Crippen LogP contribution in [0.5, 0.6) is 0 Å². The van der Waals surface area contributed by atoms with E-state index in [0.29, 0.717) is 6.54 Å². The summed E-state index contributed by atoms with van der Waals surface area (Å²) >= 11 is 0. The van der Waals surface area contributed by atoms with E-state index in [0.717, 1.165) is 29.9 Å². The molecule has 0 bridgehead atoms. The Kier molecular flexibility index (Phi) is 5.25. The molecule has 0 amide bonds. The van der Waals surface area contributed by atoms with Crippen molar-refractivity contribution in [2.45, 2.75) is 12.5 Å². The molecule has 0 spiro atoms. The standard InChI is InChI=1S/C20H21NO2/c22-19(17-5-2-1-3-6-17)15-21-13-12-16-8-10-18(11-9-16)20-7-4-14-23-20/h1-11,14,19,21-22H,12-13,15H2. The Balaban J connectivity index is 1.44. The predicted molar refractivity (Wildman–Crippen MR) is 92.1 cm³/mol. The van der Waals surface area contributed by atoms with Gasteiger partial charge in [0.1, 0.15) is 5.76 Å². The van der Waals surface area contributed by atoms with Gasteiger partial charge in [-0.15, -0.1) is 0 Å². The molecule has 0 radical (unpaired) electrons. The SMILES string of the molecule is OC(CNCCc1ccc(-c2ccco2)cc1)c1ccccc1. The molecule has 3 aromatic rings. The van der Waals surface area contributed by atoms with Gasteiger partial charge in [-0.2, -0.15) is 0 Å². The van der Waals surface area contributed by atoms with E-state index >= 15 is 0 Å². The summed E-state index contributed by atoms with van der Waals surface area (Å²) in [6.07, 6.45) is 2.16. The Morgan fingerprint density at radius 1 is 0.913 bits per heavy atom. The zero-order valence-electron chi connectivity index (χ0n) is 13.0. The summed E-state index contributed by atoms with van der Waals surface area (Å²) in [5.74, 6) is 0.889. The molecular weight excluding hydrogens is 286 g/mol. The van der Waals surface area contributed by atoms with E-state index in [9.17, 15) is 5.11 Å². The summed E-state index contributed by atoms with van der Waals surface area (Å²) in [6.45, 7) is 1.40. The van der Waals surface area contributed by atoms with Crippen LogP contribution in [0.3, 0.4) is 0 Å². The topological polar surface area (TPSA) is 45.4 Å². The van der Waals surface area contributed by atoms with Gasteiger partial charge in [-0.3, -0.25) is 0 Å². The first kappa shape index (κ1) is 15.5. The first-order chi connectivity index (χ1) is 11.3. The van der Waals surface area contributed by atoms with Crippen LogP contribution in [0.1, 0.15) is 17.2 Å². The van der Waals surface area contributed by atoms with Crippen LogP contribution in [0.4, 0.5) is 0 Å². The van der Waals surface area contributed by atoms with Crippen molar-refractivity contribution in [2.24, 2.45) is 0 Å². The Bertz CT molecular complexity index is 690. The Labute approximate surface area is 136 Å². The highest BCUT2D eigenvalue weighted by Crippen LogP contribution is 2.20. The number of hydrogen-bond acceptors (Lipinski definition) is 3. The molecule has 3 nitrogen and oxygen atoms in total. The fourth-order valence-electron chi connectivity index (χ4n) is 2.54. The van der Waals surface area contributed by atoms with Crippen LogP contribution in [0, 0.1) is 0 Å². The molecule has 2 N–H and O–H groups in total. The molecule has 1 aromatic heterocycles. The molecule has 0 aliphatic carbocycles. The zero-order chi connectivity index (χ0) is 15.9. The molecule has 1 atom stereocenters. The van der Waals surface area contributed by atoms with Crippen LogP contribution in [-0.2, 0) is 6.42 Å². The maximum atomic E-state index is 10.1. The summed E-state index contributed by atoms with van der Waals surface area (Å²) in [7, 11) is 0. The second-order valence-corrected chi connectivity index (χ2v) is 5.55. The van der Waals surface area contributed by atoms with E-state index in [1.165, 1.54) is 5.56 Å². The van der Waals surface area contributed by atoms with Crippen LogP contribution in [0.15, 0.2) is 77.4 Å². The average molecular weight is 307 g/mol. The summed E-state index contributed by atoms with van der Waals surface area (Å²) in [4.78, 5) is 0. The lowest BCUT2D eigenvalue weighted by molar-refractivity contribution is 0.175. The zero-order valence-corrected chi connectivity index (χ0v) is 13.0. The van der Waals surface area contributed by atoms with Crippen molar-refractivity contribution < 1.29 is 9.52 Å². The molecule has 3 rings (SSSR count). The van der Waals surface area contributed by atoms with Crippen LogP contribution in [0.2, 0.25) is 0 Å². The number of nitrogens with one attached hydrogen (secondary N) is 1. The lowest BCUT2D eigenvalue weighted by atomic mass is 10.1. The van der Waals surface area contributed by atoms with Crippen molar-refractivity contribution in [3.05, 3.63) is 84.1 Å². The van der Waals surface area contributed by atoms with Crippen LogP contribution in [-0.4, -0.2) is 18.2 Å². The molecule has 0 saturated heterocycles. The Morgan fingerprint density at radius 3 is 2.39 bits per heavy atom. The molecule has 3 heteroatoms. The van der Waals surface area contributed by atoms with Crippen LogP contribution < -0.4 is 5.32 Å². The van der Waals surface area contributed by atoms with Crippen molar-refractivity contribution in [3.63, 3.8) is 0 Å². The molecule has 23 heavy (non-hydrogen) atoms. The van der Waals surface area contributed by atoms with Gasteiger partial charge < -0.3 is 14.8 Å². The lowest BCUT2D eigenvalue weighted by Crippen LogP contribution is -2.23. The summed E-state index contributed by atoms with van der Waals surface area (Å²) < 4.78 is 5.39. The number of aliphatic hydroxyl groups is 1. The number of benzene rings is 2. The minimum Gasteiger partial charge on any atom is -0.464 e. The van der Waals surface area contributed by atoms with E-state index in [4.69, 9.17) is 4.42 Å². The smallest absolute Gasteiger partial charge is 0.133 e. The van der Waals surface area contributed by atoms with Gasteiger partial charge in [-0.25, -0.2) is 0 Å². The summed E-state index contributed by atoms with van der Waals surface area (Å²) in [6, 6.07) is 22.0. The van der Waals surface area contributed by atoms with Crippen molar-refractivity contribution >= 4 is 0 Å². The molecule has 2 aromatic carbocycles. The minimum absolute atomic E-state index is 0.461. The number of rotatable bonds is 7. The Morgan fingerprint density at radius 2 is 1.70 bits per heavy atom. The van der Waals surface area contributed by atoms with Crippen molar-refractivity contribution in [1.82, 2.24) is 5.32 Å². The molecule has 0 fully saturated rings. The van der Waals surface area contributed by atoms with E-state index in [2.05, 4.69) is 29.6 Å². The monoisotopic (exact) mass is 307 g/mol. The maximum absolute atomic E-state index is 10.1. The third kappa shape index (κ3) is 4.31. The third-order valence-electron chi connectivity index (χ3n) is 3.87. The second-order valence-electron chi connectivity index (χ2n) is 5.55. The van der Waals surface area contributed by atoms with Gasteiger partial charge in [-0.1, -0.05) is 54.6 Å². The highest BCUT2D eigenvalue weighted by molar-refractivity contribution is 5.57. The van der Waals surface area contributed by atoms with Crippen LogP contribution in [0.25, 0.3) is 11.3 Å². The van der Waals surface area contributed by atoms with Crippen molar-refractivity contribution in [2.75, 3.05) is 13.1 Å². The highest BCUT2D eigenvalue weighted by atomic mass is 16.3. The lowest BCUT2D eigenvalue weighted by Gasteiger charge is -2.12. The van der Waals surface area contributed by atoms with Gasteiger partial charge in [0.2, 0.25) is 0 Å². The number of furan rings is 1. The van der Waals surface area contributed by atoms with Gasteiger partial charge >= 0.3 is 0 Å². The van der Waals surface area contributed by atoms with Gasteiger partial charge in [-0.05, 0) is 36.2 Å². The van der Waals surface area contributed by atoms with Gasteiger partial charge in [0.05, 0.1) is 12.4 Å². The van der Waals surface area contributed by atoms with E-state index in [1.54, 1.807) is 6.26 Å². The van der Waals surface area contributed by atoms with Crippen molar-refractivity contribution in [1.29, 1.82) is 0 Å². The van der Waals surface area contributed by atoms with Gasteiger partial charge in [0, 0.05) is 12.1 Å².